The summed E-state index contributed by atoms with van der Waals surface area (Å²) in [5.41, 5.74) is 9.95. The summed E-state index contributed by atoms with van der Waals surface area (Å²) in [4.78, 5) is 31.8. The Hall–Kier alpha value is -4.08. The van der Waals surface area contributed by atoms with Gasteiger partial charge in [0.05, 0.1) is 18.2 Å². The lowest BCUT2D eigenvalue weighted by molar-refractivity contribution is -0.137. The van der Waals surface area contributed by atoms with Crippen LogP contribution in [-0.2, 0) is 17.4 Å². The maximum absolute atomic E-state index is 13.1. The lowest BCUT2D eigenvalue weighted by Gasteiger charge is -2.20. The summed E-state index contributed by atoms with van der Waals surface area (Å²) >= 11 is 0. The average Bonchev–Trinajstić information content (AvgIpc) is 2.75. The number of carbonyl (C=O) groups excluding carboxylic acids is 2. The molecule has 0 saturated carbocycles. The first-order valence-corrected chi connectivity index (χ1v) is 10.2. The molecular weight excluding hydrogens is 455 g/mol. The van der Waals surface area contributed by atoms with Gasteiger partial charge in [-0.3, -0.25) is 4.79 Å². The Kier molecular flexibility index (Phi) is 9.00. The molecule has 0 aliphatic carbocycles. The average molecular weight is 479 g/mol. The number of anilines is 2. The fraction of sp³-hybridized carbons (Fsp3) is 0.381. The maximum Gasteiger partial charge on any atom is 0.416 e. The molecule has 0 radical (unpaired) electrons. The molecular formula is C21H24F3N7O3. The minimum atomic E-state index is -4.55. The van der Waals surface area contributed by atoms with Crippen LogP contribution >= 0.6 is 0 Å². The van der Waals surface area contributed by atoms with E-state index in [0.717, 1.165) is 12.1 Å². The van der Waals surface area contributed by atoms with Gasteiger partial charge in [-0.1, -0.05) is 18.2 Å². The molecule has 13 heteroatoms. The summed E-state index contributed by atoms with van der Waals surface area (Å²) in [6, 6.07) is 4.64. The lowest BCUT2D eigenvalue weighted by Crippen LogP contribution is -2.34. The number of primary amides is 1. The molecule has 0 aliphatic rings. The normalized spacial score (nSPS) is 11.9. The van der Waals surface area contributed by atoms with Crippen molar-refractivity contribution in [1.29, 1.82) is 5.26 Å². The van der Waals surface area contributed by atoms with Crippen LogP contribution in [0, 0.1) is 11.3 Å². The van der Waals surface area contributed by atoms with E-state index >= 15 is 0 Å². The van der Waals surface area contributed by atoms with Crippen molar-refractivity contribution >= 4 is 23.6 Å². The minimum Gasteiger partial charge on any atom is -0.477 e. The fourth-order valence-electron chi connectivity index (χ4n) is 3.08. The highest BCUT2D eigenvalue weighted by Crippen LogP contribution is 2.30. The van der Waals surface area contributed by atoms with E-state index in [2.05, 4.69) is 20.6 Å². The van der Waals surface area contributed by atoms with Crippen molar-refractivity contribution in [2.45, 2.75) is 38.4 Å². The number of nitrogen functional groups attached to an aromatic ring is 1. The number of nitrogens with zero attached hydrogens (tertiary/aromatic N) is 3. The quantitative estimate of drug-likeness (QED) is 0.356. The van der Waals surface area contributed by atoms with Crippen LogP contribution in [0.1, 0.15) is 36.5 Å². The highest BCUT2D eigenvalue weighted by molar-refractivity contribution is 5.88. The number of nitrogens with one attached hydrogen (secondary N) is 2. The number of carbonyl (C=O) groups is 2. The number of halogens is 3. The van der Waals surface area contributed by atoms with Crippen molar-refractivity contribution in [3.8, 4) is 11.9 Å². The first kappa shape index (κ1) is 26.2. The van der Waals surface area contributed by atoms with Crippen LogP contribution in [0.25, 0.3) is 0 Å². The van der Waals surface area contributed by atoms with Gasteiger partial charge in [-0.15, -0.1) is 0 Å². The summed E-state index contributed by atoms with van der Waals surface area (Å²) in [5, 5.41) is 14.8. The van der Waals surface area contributed by atoms with Crippen LogP contribution in [-0.4, -0.2) is 41.0 Å². The summed E-state index contributed by atoms with van der Waals surface area (Å²) in [6.07, 6.45) is -4.41. The zero-order valence-electron chi connectivity index (χ0n) is 18.3. The molecule has 6 N–H and O–H groups in total. The van der Waals surface area contributed by atoms with Gasteiger partial charge in [0.2, 0.25) is 11.8 Å². The van der Waals surface area contributed by atoms with Gasteiger partial charge in [0.25, 0.3) is 0 Å². The predicted molar refractivity (Wildman–Crippen MR) is 117 cm³/mol. The van der Waals surface area contributed by atoms with Gasteiger partial charge in [-0.25, -0.2) is 4.79 Å². The number of hydrogen-bond acceptors (Lipinski definition) is 8. The summed E-state index contributed by atoms with van der Waals surface area (Å²) in [7, 11) is 0. The molecule has 0 aliphatic heterocycles. The zero-order chi connectivity index (χ0) is 25.3. The second kappa shape index (κ2) is 11.7. The Morgan fingerprint density at radius 2 is 2.03 bits per heavy atom. The number of aromatic nitrogens is 2. The predicted octanol–water partition coefficient (Wildman–Crippen LogP) is 2.39. The van der Waals surface area contributed by atoms with Crippen LogP contribution in [0.3, 0.4) is 0 Å². The van der Waals surface area contributed by atoms with Crippen LogP contribution in [0.2, 0.25) is 0 Å². The second-order valence-electron chi connectivity index (χ2n) is 7.13. The standard InChI is InChI=1S/C21H24F3N7O3/c1-2-34-18-14(11-25)17(30-19(26)31-18)29-15(7-4-8-28-20(27)33)16(32)10-12-5-3-6-13(9-12)21(22,23)24/h3,5-6,9,15H,2,4,7-8,10H2,1H3,(H3,27,28,33)(H3,26,29,30,31)/t15-/m0/s1. The molecule has 0 saturated heterocycles. The summed E-state index contributed by atoms with van der Waals surface area (Å²) < 4.78 is 44.4. The number of amides is 2. The van der Waals surface area contributed by atoms with Gasteiger partial charge in [-0.2, -0.15) is 28.4 Å². The molecule has 10 nitrogen and oxygen atoms in total. The molecule has 2 rings (SSSR count). The lowest BCUT2D eigenvalue weighted by atomic mass is 9.98. The molecule has 0 spiro atoms. The van der Waals surface area contributed by atoms with Crippen molar-refractivity contribution in [2.75, 3.05) is 24.2 Å². The van der Waals surface area contributed by atoms with E-state index in [4.69, 9.17) is 16.2 Å². The number of hydrogen-bond donors (Lipinski definition) is 4. The molecule has 1 heterocycles. The van der Waals surface area contributed by atoms with Crippen LogP contribution < -0.4 is 26.8 Å². The van der Waals surface area contributed by atoms with Crippen molar-refractivity contribution in [3.63, 3.8) is 0 Å². The topological polar surface area (TPSA) is 169 Å². The third-order valence-corrected chi connectivity index (χ3v) is 4.59. The van der Waals surface area contributed by atoms with Crippen LogP contribution in [0.15, 0.2) is 24.3 Å². The largest absolute Gasteiger partial charge is 0.477 e. The van der Waals surface area contributed by atoms with Crippen molar-refractivity contribution in [3.05, 3.63) is 41.0 Å². The minimum absolute atomic E-state index is 0.0521. The maximum atomic E-state index is 13.1. The molecule has 1 atom stereocenters. The zero-order valence-corrected chi connectivity index (χ0v) is 18.3. The van der Waals surface area contributed by atoms with Gasteiger partial charge in [-0.05, 0) is 31.4 Å². The van der Waals surface area contributed by atoms with E-state index in [1.54, 1.807) is 6.92 Å². The first-order valence-electron chi connectivity index (χ1n) is 10.2. The van der Waals surface area contributed by atoms with E-state index in [0.29, 0.717) is 6.42 Å². The molecule has 2 aromatic rings. The highest BCUT2D eigenvalue weighted by atomic mass is 19.4. The highest BCUT2D eigenvalue weighted by Gasteiger charge is 2.31. The smallest absolute Gasteiger partial charge is 0.416 e. The Bertz CT molecular complexity index is 1070. The van der Waals surface area contributed by atoms with E-state index in [1.165, 1.54) is 12.1 Å². The van der Waals surface area contributed by atoms with Gasteiger partial charge < -0.3 is 26.8 Å². The number of alkyl halides is 3. The Morgan fingerprint density at radius 1 is 1.29 bits per heavy atom. The van der Waals surface area contributed by atoms with Crippen LogP contribution in [0.5, 0.6) is 5.88 Å². The van der Waals surface area contributed by atoms with Gasteiger partial charge in [0.15, 0.2) is 17.2 Å². The molecule has 1 aromatic carbocycles. The number of urea groups is 1. The molecule has 0 bridgehead atoms. The molecule has 0 unspecified atom stereocenters. The third kappa shape index (κ3) is 7.51. The Morgan fingerprint density at radius 3 is 2.65 bits per heavy atom. The fourth-order valence-corrected chi connectivity index (χ4v) is 3.08. The number of ketones is 1. The summed E-state index contributed by atoms with van der Waals surface area (Å²) in [5.74, 6) is -0.787. The van der Waals surface area contributed by atoms with E-state index in [9.17, 15) is 28.0 Å². The number of nitriles is 1. The summed E-state index contributed by atoms with van der Waals surface area (Å²) in [6.45, 7) is 2.03. The Labute approximate surface area is 193 Å². The first-order chi connectivity index (χ1) is 16.0. The van der Waals surface area contributed by atoms with E-state index in [1.807, 2.05) is 6.07 Å². The number of nitrogens with two attached hydrogens (primary N) is 2. The van der Waals surface area contributed by atoms with Crippen LogP contribution in [0.4, 0.5) is 29.7 Å². The molecule has 182 valence electrons. The molecule has 0 fully saturated rings. The molecule has 1 aromatic heterocycles. The van der Waals surface area contributed by atoms with Gasteiger partial charge in [0.1, 0.15) is 6.07 Å². The SMILES string of the molecule is CCOc1nc(N)nc(N[C@@H](CCCNC(N)=O)C(=O)Cc2cccc(C(F)(F)F)c2)c1C#N. The monoisotopic (exact) mass is 479 g/mol. The van der Waals surface area contributed by atoms with Crippen molar-refractivity contribution in [1.82, 2.24) is 15.3 Å². The van der Waals surface area contributed by atoms with E-state index in [-0.39, 0.29) is 54.8 Å². The van der Waals surface area contributed by atoms with Crippen molar-refractivity contribution in [2.24, 2.45) is 5.73 Å². The number of ether oxygens (including phenoxy) is 1. The molecule has 2 amide bonds. The van der Waals surface area contributed by atoms with Gasteiger partial charge in [0, 0.05) is 13.0 Å². The van der Waals surface area contributed by atoms with Gasteiger partial charge >= 0.3 is 12.2 Å². The second-order valence-corrected chi connectivity index (χ2v) is 7.13. The third-order valence-electron chi connectivity index (χ3n) is 4.59. The molecule has 34 heavy (non-hydrogen) atoms. The number of Topliss-reactive ketones (excluding diaryl/α,β-unsaturated/α-hetero) is 1. The number of benzene rings is 1. The number of rotatable bonds is 11. The Balaban J connectivity index is 2.31. The van der Waals surface area contributed by atoms with E-state index < -0.39 is 29.6 Å². The van der Waals surface area contributed by atoms with Crippen molar-refractivity contribution < 1.29 is 27.5 Å².